The standard InChI is InChI=1S/C30H36ClN3O5S/c1-5-22(3)32-30(36)28(6-2)33(20-23-12-10-15-26(18-23)39-4)29(35)21-34(25-14-11-13-24(31)19-25)40(37,38)27-16-8-7-9-17-27/h7-19,22,28H,5-6,20-21H2,1-4H3,(H,32,36). The van der Waals surface area contributed by atoms with Crippen LogP contribution in [0.25, 0.3) is 0 Å². The highest BCUT2D eigenvalue weighted by Crippen LogP contribution is 2.27. The van der Waals surface area contributed by atoms with Gasteiger partial charge in [-0.15, -0.1) is 0 Å². The Labute approximate surface area is 241 Å². The van der Waals surface area contributed by atoms with Crippen LogP contribution in [0.5, 0.6) is 5.75 Å². The largest absolute Gasteiger partial charge is 0.497 e. The van der Waals surface area contributed by atoms with Gasteiger partial charge in [0.25, 0.3) is 10.0 Å². The first-order chi connectivity index (χ1) is 19.1. The molecule has 40 heavy (non-hydrogen) atoms. The fraction of sp³-hybridized carbons (Fsp3) is 0.333. The minimum atomic E-state index is -4.15. The topological polar surface area (TPSA) is 96.0 Å². The second-order valence-corrected chi connectivity index (χ2v) is 11.7. The molecule has 0 saturated carbocycles. The summed E-state index contributed by atoms with van der Waals surface area (Å²) in [7, 11) is -2.60. The molecule has 214 valence electrons. The molecule has 10 heteroatoms. The summed E-state index contributed by atoms with van der Waals surface area (Å²) in [4.78, 5) is 28.9. The van der Waals surface area contributed by atoms with Gasteiger partial charge in [0.15, 0.2) is 0 Å². The molecule has 0 radical (unpaired) electrons. The first kappa shape index (κ1) is 31.0. The Kier molecular flexibility index (Phi) is 11.0. The lowest BCUT2D eigenvalue weighted by Gasteiger charge is -2.33. The molecule has 3 aromatic carbocycles. The first-order valence-electron chi connectivity index (χ1n) is 13.2. The fourth-order valence-corrected chi connectivity index (χ4v) is 5.82. The molecule has 0 aromatic heterocycles. The second kappa shape index (κ2) is 14.2. The Hall–Kier alpha value is -3.56. The number of carbonyl (C=O) groups is 2. The SMILES string of the molecule is CCC(C)NC(=O)C(CC)N(Cc1cccc(OC)c1)C(=O)CN(c1cccc(Cl)c1)S(=O)(=O)c1ccccc1. The van der Waals surface area contributed by atoms with Crippen LogP contribution in [0, 0.1) is 0 Å². The lowest BCUT2D eigenvalue weighted by molar-refractivity contribution is -0.140. The molecule has 0 aliphatic rings. The predicted molar refractivity (Wildman–Crippen MR) is 158 cm³/mol. The number of amides is 2. The van der Waals surface area contributed by atoms with Crippen LogP contribution in [-0.2, 0) is 26.2 Å². The van der Waals surface area contributed by atoms with E-state index in [1.54, 1.807) is 61.7 Å². The highest BCUT2D eigenvalue weighted by molar-refractivity contribution is 7.92. The van der Waals surface area contributed by atoms with Gasteiger partial charge < -0.3 is 15.0 Å². The van der Waals surface area contributed by atoms with Gasteiger partial charge in [0.05, 0.1) is 17.7 Å². The molecule has 2 amide bonds. The monoisotopic (exact) mass is 585 g/mol. The van der Waals surface area contributed by atoms with E-state index in [0.29, 0.717) is 17.2 Å². The molecule has 0 saturated heterocycles. The molecular weight excluding hydrogens is 550 g/mol. The molecule has 0 spiro atoms. The molecular formula is C30H36ClN3O5S. The number of hydrogen-bond acceptors (Lipinski definition) is 5. The number of sulfonamides is 1. The third-order valence-corrected chi connectivity index (χ3v) is 8.60. The number of carbonyl (C=O) groups excluding carboxylic acids is 2. The number of anilines is 1. The van der Waals surface area contributed by atoms with Crippen molar-refractivity contribution in [3.05, 3.63) is 89.4 Å². The third-order valence-electron chi connectivity index (χ3n) is 6.58. The number of nitrogens with one attached hydrogen (secondary N) is 1. The van der Waals surface area contributed by atoms with Crippen molar-refractivity contribution in [1.29, 1.82) is 0 Å². The molecule has 2 atom stereocenters. The van der Waals surface area contributed by atoms with Crippen molar-refractivity contribution in [3.63, 3.8) is 0 Å². The van der Waals surface area contributed by atoms with Crippen LogP contribution in [0.4, 0.5) is 5.69 Å². The Balaban J connectivity index is 2.06. The zero-order valence-electron chi connectivity index (χ0n) is 23.2. The molecule has 0 aliphatic heterocycles. The van der Waals surface area contributed by atoms with Gasteiger partial charge in [0.2, 0.25) is 11.8 Å². The normalized spacial score (nSPS) is 12.7. The lowest BCUT2D eigenvalue weighted by atomic mass is 10.1. The average molecular weight is 586 g/mol. The van der Waals surface area contributed by atoms with Gasteiger partial charge >= 0.3 is 0 Å². The number of ether oxygens (including phenoxy) is 1. The maximum Gasteiger partial charge on any atom is 0.264 e. The summed E-state index contributed by atoms with van der Waals surface area (Å²) in [6, 6.07) is 20.5. The van der Waals surface area contributed by atoms with Gasteiger partial charge in [-0.1, -0.05) is 61.8 Å². The maximum absolute atomic E-state index is 14.1. The molecule has 3 rings (SSSR count). The summed E-state index contributed by atoms with van der Waals surface area (Å²) in [6.45, 7) is 5.22. The van der Waals surface area contributed by atoms with Crippen molar-refractivity contribution >= 4 is 39.1 Å². The highest BCUT2D eigenvalue weighted by atomic mass is 35.5. The smallest absolute Gasteiger partial charge is 0.264 e. The van der Waals surface area contributed by atoms with E-state index in [1.807, 2.05) is 26.8 Å². The Morgan fingerprint density at radius 2 is 1.65 bits per heavy atom. The van der Waals surface area contributed by atoms with Gasteiger partial charge in [0, 0.05) is 17.6 Å². The number of benzene rings is 3. The minimum Gasteiger partial charge on any atom is -0.497 e. The average Bonchev–Trinajstić information content (AvgIpc) is 2.96. The van der Waals surface area contributed by atoms with Crippen LogP contribution < -0.4 is 14.4 Å². The van der Waals surface area contributed by atoms with Crippen LogP contribution in [0.15, 0.2) is 83.8 Å². The molecule has 2 unspecified atom stereocenters. The molecule has 0 fully saturated rings. The van der Waals surface area contributed by atoms with Gasteiger partial charge in [-0.3, -0.25) is 13.9 Å². The Morgan fingerprint density at radius 1 is 0.950 bits per heavy atom. The van der Waals surface area contributed by atoms with Crippen molar-refractivity contribution in [2.24, 2.45) is 0 Å². The number of methoxy groups -OCH3 is 1. The van der Waals surface area contributed by atoms with E-state index in [-0.39, 0.29) is 29.1 Å². The summed E-state index contributed by atoms with van der Waals surface area (Å²) in [5.41, 5.74) is 0.978. The number of nitrogens with zero attached hydrogens (tertiary/aromatic N) is 2. The second-order valence-electron chi connectivity index (χ2n) is 9.42. The number of rotatable bonds is 13. The zero-order chi connectivity index (χ0) is 29.3. The summed E-state index contributed by atoms with van der Waals surface area (Å²) in [5.74, 6) is -0.226. The first-order valence-corrected chi connectivity index (χ1v) is 15.0. The Bertz CT molecular complexity index is 1400. The van der Waals surface area contributed by atoms with Gasteiger partial charge in [-0.2, -0.15) is 0 Å². The van der Waals surface area contributed by atoms with E-state index in [9.17, 15) is 18.0 Å². The molecule has 8 nitrogen and oxygen atoms in total. The summed E-state index contributed by atoms with van der Waals surface area (Å²) in [6.07, 6.45) is 1.06. The van der Waals surface area contributed by atoms with Crippen LogP contribution >= 0.6 is 11.6 Å². The van der Waals surface area contributed by atoms with Crippen molar-refractivity contribution in [1.82, 2.24) is 10.2 Å². The van der Waals surface area contributed by atoms with E-state index in [0.717, 1.165) is 16.3 Å². The molecule has 0 aliphatic carbocycles. The summed E-state index contributed by atoms with van der Waals surface area (Å²) < 4.78 is 34.0. The van der Waals surface area contributed by atoms with E-state index < -0.39 is 28.5 Å². The molecule has 0 bridgehead atoms. The van der Waals surface area contributed by atoms with Crippen molar-refractivity contribution in [3.8, 4) is 5.75 Å². The van der Waals surface area contributed by atoms with Gasteiger partial charge in [0.1, 0.15) is 18.3 Å². The van der Waals surface area contributed by atoms with Gasteiger partial charge in [-0.05, 0) is 67.8 Å². The van der Waals surface area contributed by atoms with Crippen LogP contribution in [0.1, 0.15) is 39.2 Å². The molecule has 3 aromatic rings. The Morgan fingerprint density at radius 3 is 2.27 bits per heavy atom. The van der Waals surface area contributed by atoms with Crippen molar-refractivity contribution in [2.45, 2.75) is 57.1 Å². The minimum absolute atomic E-state index is 0.0312. The third kappa shape index (κ3) is 7.76. The van der Waals surface area contributed by atoms with Gasteiger partial charge in [-0.25, -0.2) is 8.42 Å². The van der Waals surface area contributed by atoms with Crippen molar-refractivity contribution < 1.29 is 22.7 Å². The van der Waals surface area contributed by atoms with E-state index in [1.165, 1.54) is 23.1 Å². The summed E-state index contributed by atoms with van der Waals surface area (Å²) in [5, 5.41) is 3.29. The fourth-order valence-electron chi connectivity index (χ4n) is 4.21. The number of hydrogen-bond donors (Lipinski definition) is 1. The summed E-state index contributed by atoms with van der Waals surface area (Å²) >= 11 is 6.21. The van der Waals surface area contributed by atoms with E-state index >= 15 is 0 Å². The molecule has 0 heterocycles. The van der Waals surface area contributed by atoms with Crippen LogP contribution in [0.3, 0.4) is 0 Å². The van der Waals surface area contributed by atoms with Crippen LogP contribution in [0.2, 0.25) is 5.02 Å². The van der Waals surface area contributed by atoms with Crippen LogP contribution in [-0.4, -0.2) is 50.9 Å². The van der Waals surface area contributed by atoms with E-state index in [2.05, 4.69) is 5.32 Å². The highest BCUT2D eigenvalue weighted by Gasteiger charge is 2.34. The molecule has 1 N–H and O–H groups in total. The quantitative estimate of drug-likeness (QED) is 0.295. The lowest BCUT2D eigenvalue weighted by Crippen LogP contribution is -2.53. The number of halogens is 1. The predicted octanol–water partition coefficient (Wildman–Crippen LogP) is 5.27. The van der Waals surface area contributed by atoms with E-state index in [4.69, 9.17) is 16.3 Å². The van der Waals surface area contributed by atoms with Crippen molar-refractivity contribution in [2.75, 3.05) is 18.0 Å². The maximum atomic E-state index is 14.1. The zero-order valence-corrected chi connectivity index (χ0v) is 24.8.